The SMILES string of the molecule is Cc1ccccc1CC(=O)OCc1cc(=O)oc2c(C)c(C)ccc12. The van der Waals surface area contributed by atoms with Crippen LogP contribution in [0, 0.1) is 20.8 Å². The predicted molar refractivity (Wildman–Crippen MR) is 96.6 cm³/mol. The van der Waals surface area contributed by atoms with Crippen LogP contribution in [-0.2, 0) is 22.6 Å². The molecule has 2 aromatic carbocycles. The quantitative estimate of drug-likeness (QED) is 0.534. The van der Waals surface area contributed by atoms with Crippen LogP contribution in [0.4, 0.5) is 0 Å². The first-order valence-electron chi connectivity index (χ1n) is 8.19. The number of esters is 1. The molecule has 0 spiro atoms. The van der Waals surface area contributed by atoms with Crippen molar-refractivity contribution < 1.29 is 13.9 Å². The molecule has 0 unspecified atom stereocenters. The first-order valence-corrected chi connectivity index (χ1v) is 8.19. The number of carbonyl (C=O) groups is 1. The molecule has 0 atom stereocenters. The highest BCUT2D eigenvalue weighted by atomic mass is 16.5. The van der Waals surface area contributed by atoms with Crippen LogP contribution in [-0.4, -0.2) is 5.97 Å². The normalized spacial score (nSPS) is 10.8. The smallest absolute Gasteiger partial charge is 0.336 e. The lowest BCUT2D eigenvalue weighted by Gasteiger charge is -2.10. The molecule has 0 radical (unpaired) electrons. The number of ether oxygens (including phenoxy) is 1. The van der Waals surface area contributed by atoms with Gasteiger partial charge in [0.25, 0.3) is 0 Å². The molecule has 0 aliphatic heterocycles. The summed E-state index contributed by atoms with van der Waals surface area (Å²) in [6, 6.07) is 13.0. The zero-order chi connectivity index (χ0) is 18.0. The van der Waals surface area contributed by atoms with Crippen molar-refractivity contribution in [1.82, 2.24) is 0 Å². The number of aryl methyl sites for hydroxylation is 3. The average molecular weight is 336 g/mol. The molecule has 0 fully saturated rings. The van der Waals surface area contributed by atoms with E-state index in [2.05, 4.69) is 0 Å². The van der Waals surface area contributed by atoms with Gasteiger partial charge in [0.1, 0.15) is 12.2 Å². The third kappa shape index (κ3) is 3.63. The summed E-state index contributed by atoms with van der Waals surface area (Å²) in [5.41, 5.74) is 4.73. The van der Waals surface area contributed by atoms with Crippen molar-refractivity contribution in [2.75, 3.05) is 0 Å². The molecule has 3 aromatic rings. The molecule has 128 valence electrons. The molecule has 4 nitrogen and oxygen atoms in total. The van der Waals surface area contributed by atoms with E-state index < -0.39 is 5.63 Å². The number of rotatable bonds is 4. The highest BCUT2D eigenvalue weighted by Crippen LogP contribution is 2.23. The summed E-state index contributed by atoms with van der Waals surface area (Å²) >= 11 is 0. The molecular weight excluding hydrogens is 316 g/mol. The Morgan fingerprint density at radius 2 is 1.76 bits per heavy atom. The predicted octanol–water partition coefficient (Wildman–Crippen LogP) is 4.00. The zero-order valence-electron chi connectivity index (χ0n) is 14.6. The van der Waals surface area contributed by atoms with Gasteiger partial charge in [-0.05, 0) is 43.0 Å². The third-order valence-corrected chi connectivity index (χ3v) is 4.50. The standard InChI is InChI=1S/C21H20O4/c1-13-8-9-18-17(11-20(23)25-21(18)15(13)3)12-24-19(22)10-16-7-5-4-6-14(16)2/h4-9,11H,10,12H2,1-3H3. The van der Waals surface area contributed by atoms with E-state index in [9.17, 15) is 9.59 Å². The molecule has 0 saturated carbocycles. The van der Waals surface area contributed by atoms with Crippen LogP contribution in [0.3, 0.4) is 0 Å². The van der Waals surface area contributed by atoms with E-state index in [1.165, 1.54) is 6.07 Å². The molecule has 0 aliphatic rings. The maximum atomic E-state index is 12.2. The number of hydrogen-bond donors (Lipinski definition) is 0. The van der Waals surface area contributed by atoms with Crippen molar-refractivity contribution in [3.05, 3.63) is 80.7 Å². The fourth-order valence-corrected chi connectivity index (χ4v) is 2.82. The minimum Gasteiger partial charge on any atom is -0.461 e. The molecule has 25 heavy (non-hydrogen) atoms. The lowest BCUT2D eigenvalue weighted by atomic mass is 10.0. The van der Waals surface area contributed by atoms with Crippen LogP contribution >= 0.6 is 0 Å². The number of benzene rings is 2. The molecule has 1 heterocycles. The Balaban J connectivity index is 1.82. The van der Waals surface area contributed by atoms with E-state index in [1.54, 1.807) is 0 Å². The van der Waals surface area contributed by atoms with E-state index in [-0.39, 0.29) is 19.0 Å². The van der Waals surface area contributed by atoms with Gasteiger partial charge in [0.05, 0.1) is 6.42 Å². The number of hydrogen-bond acceptors (Lipinski definition) is 4. The molecule has 0 N–H and O–H groups in total. The molecule has 1 aromatic heterocycles. The van der Waals surface area contributed by atoms with E-state index in [4.69, 9.17) is 9.15 Å². The monoisotopic (exact) mass is 336 g/mol. The molecule has 3 rings (SSSR count). The second-order valence-corrected chi connectivity index (χ2v) is 6.24. The van der Waals surface area contributed by atoms with Gasteiger partial charge >= 0.3 is 11.6 Å². The van der Waals surface area contributed by atoms with Crippen molar-refractivity contribution in [2.24, 2.45) is 0 Å². The number of fused-ring (bicyclic) bond motifs is 1. The molecule has 0 aliphatic carbocycles. The second-order valence-electron chi connectivity index (χ2n) is 6.24. The lowest BCUT2D eigenvalue weighted by Crippen LogP contribution is -2.10. The average Bonchev–Trinajstić information content (AvgIpc) is 2.58. The van der Waals surface area contributed by atoms with Crippen LogP contribution in [0.2, 0.25) is 0 Å². The van der Waals surface area contributed by atoms with Crippen molar-refractivity contribution in [3.8, 4) is 0 Å². The van der Waals surface area contributed by atoms with E-state index in [0.717, 1.165) is 27.6 Å². The summed E-state index contributed by atoms with van der Waals surface area (Å²) < 4.78 is 10.7. The summed E-state index contributed by atoms with van der Waals surface area (Å²) in [5, 5.41) is 0.798. The highest BCUT2D eigenvalue weighted by Gasteiger charge is 2.12. The van der Waals surface area contributed by atoms with Crippen molar-refractivity contribution in [3.63, 3.8) is 0 Å². The lowest BCUT2D eigenvalue weighted by molar-refractivity contribution is -0.144. The fraction of sp³-hybridized carbons (Fsp3) is 0.238. The van der Waals surface area contributed by atoms with Gasteiger partial charge in [-0.1, -0.05) is 36.4 Å². The highest BCUT2D eigenvalue weighted by molar-refractivity contribution is 5.84. The van der Waals surface area contributed by atoms with Gasteiger partial charge in [-0.2, -0.15) is 0 Å². The maximum Gasteiger partial charge on any atom is 0.336 e. The Morgan fingerprint density at radius 1 is 1.00 bits per heavy atom. The van der Waals surface area contributed by atoms with Gasteiger partial charge in [-0.15, -0.1) is 0 Å². The van der Waals surface area contributed by atoms with Gasteiger partial charge in [0.15, 0.2) is 0 Å². The Hall–Kier alpha value is -2.88. The van der Waals surface area contributed by atoms with Gasteiger partial charge in [0.2, 0.25) is 0 Å². The van der Waals surface area contributed by atoms with Gasteiger partial charge < -0.3 is 9.15 Å². The Labute approximate surface area is 146 Å². The Kier molecular flexibility index (Phi) is 4.70. The fourth-order valence-electron chi connectivity index (χ4n) is 2.82. The maximum absolute atomic E-state index is 12.2. The first kappa shape index (κ1) is 17.0. The summed E-state index contributed by atoms with van der Waals surface area (Å²) in [6.45, 7) is 5.89. The molecule has 0 saturated heterocycles. The number of carbonyl (C=O) groups excluding carboxylic acids is 1. The summed E-state index contributed by atoms with van der Waals surface area (Å²) in [7, 11) is 0. The van der Waals surface area contributed by atoms with Crippen LogP contribution < -0.4 is 5.63 Å². The molecule has 0 bridgehead atoms. The van der Waals surface area contributed by atoms with E-state index >= 15 is 0 Å². The van der Waals surface area contributed by atoms with Crippen LogP contribution in [0.25, 0.3) is 11.0 Å². The third-order valence-electron chi connectivity index (χ3n) is 4.50. The van der Waals surface area contributed by atoms with Crippen LogP contribution in [0.15, 0.2) is 51.7 Å². The van der Waals surface area contributed by atoms with Crippen molar-refractivity contribution in [1.29, 1.82) is 0 Å². The van der Waals surface area contributed by atoms with Crippen molar-refractivity contribution in [2.45, 2.75) is 33.8 Å². The summed E-state index contributed by atoms with van der Waals surface area (Å²) in [4.78, 5) is 24.0. The largest absolute Gasteiger partial charge is 0.461 e. The van der Waals surface area contributed by atoms with E-state index in [0.29, 0.717) is 11.1 Å². The van der Waals surface area contributed by atoms with Crippen LogP contribution in [0.5, 0.6) is 0 Å². The van der Waals surface area contributed by atoms with Gasteiger partial charge in [-0.3, -0.25) is 4.79 Å². The summed E-state index contributed by atoms with van der Waals surface area (Å²) in [6.07, 6.45) is 0.212. The molecular formula is C21H20O4. The minimum atomic E-state index is -0.439. The second kappa shape index (κ2) is 6.93. The van der Waals surface area contributed by atoms with Gasteiger partial charge in [-0.25, -0.2) is 4.79 Å². The van der Waals surface area contributed by atoms with Crippen LogP contribution in [0.1, 0.15) is 27.8 Å². The zero-order valence-corrected chi connectivity index (χ0v) is 14.6. The topological polar surface area (TPSA) is 56.5 Å². The Bertz CT molecular complexity index is 998. The van der Waals surface area contributed by atoms with Gasteiger partial charge in [0, 0.05) is 17.0 Å². The molecule has 0 amide bonds. The van der Waals surface area contributed by atoms with E-state index in [1.807, 2.05) is 57.2 Å². The molecule has 4 heteroatoms. The first-order chi connectivity index (χ1) is 12.0. The summed E-state index contributed by atoms with van der Waals surface area (Å²) in [5.74, 6) is -0.320. The minimum absolute atomic E-state index is 0.0509. The van der Waals surface area contributed by atoms with Crippen molar-refractivity contribution >= 4 is 16.9 Å². The Morgan fingerprint density at radius 3 is 2.52 bits per heavy atom.